The Kier molecular flexibility index (Phi) is 4.20. The van der Waals surface area contributed by atoms with E-state index in [1.165, 1.54) is 5.69 Å². The van der Waals surface area contributed by atoms with Gasteiger partial charge in [-0.1, -0.05) is 0 Å². The molecule has 1 saturated heterocycles. The first-order valence-corrected chi connectivity index (χ1v) is 8.71. The van der Waals surface area contributed by atoms with Crippen molar-refractivity contribution >= 4 is 5.78 Å². The molecule has 0 radical (unpaired) electrons. The number of likely N-dealkylation sites (tertiary alicyclic amines) is 1. The SMILES string of the molecule is Cn1ccnc1C(=O)[C@@H]1CCCN(Cc2cc3n(n2)CCNC3)C1. The van der Waals surface area contributed by atoms with Crippen LogP contribution in [0.3, 0.4) is 0 Å². The molecule has 1 fully saturated rings. The van der Waals surface area contributed by atoms with Gasteiger partial charge in [0.1, 0.15) is 0 Å². The fourth-order valence-corrected chi connectivity index (χ4v) is 3.76. The molecule has 2 aromatic rings. The summed E-state index contributed by atoms with van der Waals surface area (Å²) in [5, 5.41) is 8.08. The third-order valence-electron chi connectivity index (χ3n) is 5.02. The second-order valence-electron chi connectivity index (χ2n) is 6.83. The molecule has 128 valence electrons. The summed E-state index contributed by atoms with van der Waals surface area (Å²) in [6.07, 6.45) is 5.52. The predicted molar refractivity (Wildman–Crippen MR) is 89.5 cm³/mol. The van der Waals surface area contributed by atoms with E-state index in [9.17, 15) is 4.79 Å². The minimum absolute atomic E-state index is 0.0405. The van der Waals surface area contributed by atoms with E-state index in [0.717, 1.165) is 57.8 Å². The molecule has 24 heavy (non-hydrogen) atoms. The van der Waals surface area contributed by atoms with Crippen molar-refractivity contribution in [1.82, 2.24) is 29.5 Å². The number of carbonyl (C=O) groups is 1. The van der Waals surface area contributed by atoms with Crippen LogP contribution in [-0.4, -0.2) is 49.6 Å². The number of nitrogens with one attached hydrogen (secondary N) is 1. The van der Waals surface area contributed by atoms with Gasteiger partial charge in [-0.15, -0.1) is 0 Å². The van der Waals surface area contributed by atoms with Gasteiger partial charge in [-0.2, -0.15) is 5.10 Å². The second kappa shape index (κ2) is 6.49. The average molecular weight is 328 g/mol. The maximum Gasteiger partial charge on any atom is 0.202 e. The van der Waals surface area contributed by atoms with Gasteiger partial charge in [-0.05, 0) is 25.5 Å². The maximum atomic E-state index is 12.7. The van der Waals surface area contributed by atoms with Crippen LogP contribution < -0.4 is 5.32 Å². The number of piperidine rings is 1. The second-order valence-corrected chi connectivity index (χ2v) is 6.83. The molecule has 1 atom stereocenters. The molecule has 0 bridgehead atoms. The number of hydrogen-bond donors (Lipinski definition) is 1. The van der Waals surface area contributed by atoms with Gasteiger partial charge in [-0.3, -0.25) is 14.4 Å². The molecule has 1 N–H and O–H groups in total. The predicted octanol–water partition coefficient (Wildman–Crippen LogP) is 0.815. The molecular formula is C17H24N6O. The molecule has 0 aliphatic carbocycles. The van der Waals surface area contributed by atoms with E-state index in [0.29, 0.717) is 5.82 Å². The minimum atomic E-state index is 0.0405. The van der Waals surface area contributed by atoms with Gasteiger partial charge in [-0.25, -0.2) is 4.98 Å². The number of hydrogen-bond acceptors (Lipinski definition) is 5. The van der Waals surface area contributed by atoms with Crippen molar-refractivity contribution < 1.29 is 4.79 Å². The number of rotatable bonds is 4. The zero-order valence-electron chi connectivity index (χ0n) is 14.1. The van der Waals surface area contributed by atoms with Crippen LogP contribution in [0.5, 0.6) is 0 Å². The molecule has 4 rings (SSSR count). The lowest BCUT2D eigenvalue weighted by molar-refractivity contribution is 0.0796. The molecule has 4 heterocycles. The van der Waals surface area contributed by atoms with Crippen molar-refractivity contribution in [3.05, 3.63) is 35.7 Å². The number of fused-ring (bicyclic) bond motifs is 1. The fourth-order valence-electron chi connectivity index (χ4n) is 3.76. The highest BCUT2D eigenvalue weighted by molar-refractivity contribution is 5.94. The first-order valence-electron chi connectivity index (χ1n) is 8.71. The van der Waals surface area contributed by atoms with Crippen LogP contribution >= 0.6 is 0 Å². The van der Waals surface area contributed by atoms with Gasteiger partial charge in [0.2, 0.25) is 5.78 Å². The van der Waals surface area contributed by atoms with Crippen molar-refractivity contribution in [1.29, 1.82) is 0 Å². The molecule has 7 heteroatoms. The number of aromatic nitrogens is 4. The van der Waals surface area contributed by atoms with Crippen molar-refractivity contribution in [2.45, 2.75) is 32.5 Å². The van der Waals surface area contributed by atoms with E-state index in [2.05, 4.69) is 25.9 Å². The number of ketones is 1. The largest absolute Gasteiger partial charge is 0.332 e. The van der Waals surface area contributed by atoms with Gasteiger partial charge in [0.15, 0.2) is 5.82 Å². The van der Waals surface area contributed by atoms with Crippen molar-refractivity contribution in [2.75, 3.05) is 19.6 Å². The summed E-state index contributed by atoms with van der Waals surface area (Å²) in [7, 11) is 1.88. The highest BCUT2D eigenvalue weighted by atomic mass is 16.1. The van der Waals surface area contributed by atoms with E-state index < -0.39 is 0 Å². The number of imidazole rings is 1. The van der Waals surface area contributed by atoms with Crippen molar-refractivity contribution in [3.63, 3.8) is 0 Å². The smallest absolute Gasteiger partial charge is 0.202 e. The third-order valence-corrected chi connectivity index (χ3v) is 5.02. The third kappa shape index (κ3) is 3.01. The molecule has 0 aromatic carbocycles. The van der Waals surface area contributed by atoms with Crippen LogP contribution in [0, 0.1) is 5.92 Å². The first kappa shape index (κ1) is 15.5. The van der Waals surface area contributed by atoms with Crippen molar-refractivity contribution in [3.8, 4) is 0 Å². The van der Waals surface area contributed by atoms with E-state index in [-0.39, 0.29) is 11.7 Å². The van der Waals surface area contributed by atoms with Crippen LogP contribution in [-0.2, 0) is 26.7 Å². The molecular weight excluding hydrogens is 304 g/mol. The molecule has 0 amide bonds. The summed E-state index contributed by atoms with van der Waals surface area (Å²) in [5.74, 6) is 0.782. The summed E-state index contributed by atoms with van der Waals surface area (Å²) in [6, 6.07) is 2.19. The maximum absolute atomic E-state index is 12.7. The first-order chi connectivity index (χ1) is 11.7. The highest BCUT2D eigenvalue weighted by Gasteiger charge is 2.29. The Balaban J connectivity index is 1.42. The lowest BCUT2D eigenvalue weighted by Crippen LogP contribution is -2.39. The van der Waals surface area contributed by atoms with Crippen LogP contribution in [0.25, 0.3) is 0 Å². The molecule has 2 aliphatic heterocycles. The molecule has 7 nitrogen and oxygen atoms in total. The summed E-state index contributed by atoms with van der Waals surface area (Å²) in [5.41, 5.74) is 2.37. The molecule has 2 aromatic heterocycles. The van der Waals surface area contributed by atoms with Gasteiger partial charge in [0.05, 0.1) is 17.9 Å². The van der Waals surface area contributed by atoms with E-state index in [4.69, 9.17) is 5.10 Å². The molecule has 0 spiro atoms. The standard InChI is InChI=1S/C17H24N6O/c1-21-7-5-19-17(21)16(24)13-3-2-6-22(11-13)12-14-9-15-10-18-4-8-23(15)20-14/h5,7,9,13,18H,2-4,6,8,10-12H2,1H3/t13-/m1/s1. The van der Waals surface area contributed by atoms with Crippen LogP contribution in [0.1, 0.15) is 34.8 Å². The van der Waals surface area contributed by atoms with Crippen LogP contribution in [0.4, 0.5) is 0 Å². The lowest BCUT2D eigenvalue weighted by Gasteiger charge is -2.31. The van der Waals surface area contributed by atoms with Gasteiger partial charge >= 0.3 is 0 Å². The Morgan fingerprint density at radius 3 is 3.12 bits per heavy atom. The number of Topliss-reactive ketones (excluding diaryl/α,β-unsaturated/α-hetero) is 1. The van der Waals surface area contributed by atoms with E-state index in [1.54, 1.807) is 6.20 Å². The Morgan fingerprint density at radius 2 is 2.33 bits per heavy atom. The van der Waals surface area contributed by atoms with Crippen molar-refractivity contribution in [2.24, 2.45) is 13.0 Å². The van der Waals surface area contributed by atoms with Gasteiger partial charge in [0, 0.05) is 51.5 Å². The Morgan fingerprint density at radius 1 is 1.42 bits per heavy atom. The summed E-state index contributed by atoms with van der Waals surface area (Å²) < 4.78 is 3.92. The number of carbonyl (C=O) groups excluding carboxylic acids is 1. The Bertz CT molecular complexity index is 710. The molecule has 0 unspecified atom stereocenters. The minimum Gasteiger partial charge on any atom is -0.332 e. The van der Waals surface area contributed by atoms with E-state index in [1.807, 2.05) is 17.8 Å². The van der Waals surface area contributed by atoms with E-state index >= 15 is 0 Å². The molecule has 0 saturated carbocycles. The van der Waals surface area contributed by atoms with Crippen LogP contribution in [0.2, 0.25) is 0 Å². The normalized spacial score (nSPS) is 21.6. The Hall–Kier alpha value is -1.99. The highest BCUT2D eigenvalue weighted by Crippen LogP contribution is 2.22. The topological polar surface area (TPSA) is 68.0 Å². The monoisotopic (exact) mass is 328 g/mol. The average Bonchev–Trinajstić information content (AvgIpc) is 3.19. The summed E-state index contributed by atoms with van der Waals surface area (Å²) in [6.45, 7) is 5.47. The number of aryl methyl sites for hydroxylation is 1. The van der Waals surface area contributed by atoms with Gasteiger partial charge < -0.3 is 9.88 Å². The zero-order chi connectivity index (χ0) is 16.5. The Labute approximate surface area is 141 Å². The molecule has 2 aliphatic rings. The number of nitrogens with zero attached hydrogens (tertiary/aromatic N) is 5. The van der Waals surface area contributed by atoms with Crippen LogP contribution in [0.15, 0.2) is 18.5 Å². The lowest BCUT2D eigenvalue weighted by atomic mass is 9.93. The van der Waals surface area contributed by atoms with Gasteiger partial charge in [0.25, 0.3) is 0 Å². The fraction of sp³-hybridized carbons (Fsp3) is 0.588. The summed E-state index contributed by atoms with van der Waals surface area (Å²) in [4.78, 5) is 19.3. The summed E-state index contributed by atoms with van der Waals surface area (Å²) >= 11 is 0. The quantitative estimate of drug-likeness (QED) is 0.842. The zero-order valence-corrected chi connectivity index (χ0v) is 14.1.